The lowest BCUT2D eigenvalue weighted by molar-refractivity contribution is 0.0664. The summed E-state index contributed by atoms with van der Waals surface area (Å²) in [5, 5.41) is 11.9. The Kier molecular flexibility index (Phi) is 6.17. The lowest BCUT2D eigenvalue weighted by atomic mass is 9.94. The molecule has 1 N–H and O–H groups in total. The third-order valence-electron chi connectivity index (χ3n) is 6.66. The second-order valence-corrected chi connectivity index (χ2v) is 9.41. The van der Waals surface area contributed by atoms with Crippen LogP contribution in [0.5, 0.6) is 0 Å². The Labute approximate surface area is 205 Å². The monoisotopic (exact) mass is 466 g/mol. The average Bonchev–Trinajstić information content (AvgIpc) is 2.86. The van der Waals surface area contributed by atoms with Crippen molar-refractivity contribution >= 4 is 28.6 Å². The average molecular weight is 467 g/mol. The largest absolute Gasteiger partial charge is 0.336 e. The fourth-order valence-electron chi connectivity index (χ4n) is 4.48. The Bertz CT molecular complexity index is 1390. The zero-order valence-electron chi connectivity index (χ0n) is 20.7. The van der Waals surface area contributed by atoms with Gasteiger partial charge in [-0.25, -0.2) is 4.98 Å². The van der Waals surface area contributed by atoms with E-state index in [0.29, 0.717) is 11.5 Å². The molecule has 7 heteroatoms. The SMILES string of the molecule is Cc1ccc(C)c(-c2cc3nnc(Nc4ccc(C(=O)N5CCN(C)CC5)cc4)nc3cc2C)c1. The Morgan fingerprint density at radius 2 is 1.51 bits per heavy atom. The molecule has 1 amide bonds. The van der Waals surface area contributed by atoms with E-state index in [2.05, 4.69) is 83.5 Å². The number of nitrogens with zero attached hydrogens (tertiary/aromatic N) is 5. The van der Waals surface area contributed by atoms with Crippen LogP contribution in [0.3, 0.4) is 0 Å². The first kappa shape index (κ1) is 22.9. The van der Waals surface area contributed by atoms with Gasteiger partial charge in [-0.05, 0) is 86.5 Å². The summed E-state index contributed by atoms with van der Waals surface area (Å²) >= 11 is 0. The topological polar surface area (TPSA) is 74.2 Å². The van der Waals surface area contributed by atoms with Crippen LogP contribution in [0.15, 0.2) is 54.6 Å². The molecule has 5 rings (SSSR count). The van der Waals surface area contributed by atoms with Gasteiger partial charge in [0.05, 0.1) is 5.52 Å². The molecule has 0 bridgehead atoms. The molecular formula is C28H30N6O. The molecule has 3 aromatic carbocycles. The highest BCUT2D eigenvalue weighted by atomic mass is 16.2. The zero-order valence-corrected chi connectivity index (χ0v) is 20.7. The van der Waals surface area contributed by atoms with Crippen LogP contribution >= 0.6 is 0 Å². The fraction of sp³-hybridized carbons (Fsp3) is 0.286. The van der Waals surface area contributed by atoms with Gasteiger partial charge in [-0.15, -0.1) is 10.2 Å². The molecule has 1 aromatic heterocycles. The number of fused-ring (bicyclic) bond motifs is 1. The van der Waals surface area contributed by atoms with Gasteiger partial charge in [0.2, 0.25) is 5.95 Å². The van der Waals surface area contributed by atoms with E-state index < -0.39 is 0 Å². The molecule has 1 saturated heterocycles. The van der Waals surface area contributed by atoms with Gasteiger partial charge in [0.1, 0.15) is 5.52 Å². The number of piperazine rings is 1. The third kappa shape index (κ3) is 4.86. The maximum absolute atomic E-state index is 12.8. The highest BCUT2D eigenvalue weighted by molar-refractivity contribution is 5.94. The van der Waals surface area contributed by atoms with Gasteiger partial charge in [-0.1, -0.05) is 23.8 Å². The molecule has 1 aliphatic rings. The van der Waals surface area contributed by atoms with E-state index >= 15 is 0 Å². The Hall–Kier alpha value is -3.84. The van der Waals surface area contributed by atoms with Crippen LogP contribution in [0.4, 0.5) is 11.6 Å². The highest BCUT2D eigenvalue weighted by Gasteiger charge is 2.20. The Morgan fingerprint density at radius 1 is 0.800 bits per heavy atom. The second-order valence-electron chi connectivity index (χ2n) is 9.41. The number of hydrogen-bond acceptors (Lipinski definition) is 6. The van der Waals surface area contributed by atoms with E-state index in [1.807, 2.05) is 29.2 Å². The Morgan fingerprint density at radius 3 is 2.26 bits per heavy atom. The van der Waals surface area contributed by atoms with Crippen LogP contribution in [0, 0.1) is 20.8 Å². The molecule has 2 heterocycles. The van der Waals surface area contributed by atoms with Crippen molar-refractivity contribution in [2.24, 2.45) is 0 Å². The summed E-state index contributed by atoms with van der Waals surface area (Å²) in [6, 6.07) is 18.1. The van der Waals surface area contributed by atoms with Crippen molar-refractivity contribution < 1.29 is 4.79 Å². The lowest BCUT2D eigenvalue weighted by Crippen LogP contribution is -2.47. The normalized spacial score (nSPS) is 14.3. The number of aromatic nitrogens is 3. The molecule has 178 valence electrons. The summed E-state index contributed by atoms with van der Waals surface area (Å²) < 4.78 is 0. The molecule has 35 heavy (non-hydrogen) atoms. The van der Waals surface area contributed by atoms with Crippen LogP contribution in [0.2, 0.25) is 0 Å². The number of likely N-dealkylation sites (N-methyl/N-ethyl adjacent to an activating group) is 1. The van der Waals surface area contributed by atoms with E-state index in [0.717, 1.165) is 54.0 Å². The first-order chi connectivity index (χ1) is 16.9. The molecule has 0 radical (unpaired) electrons. The molecule has 0 spiro atoms. The van der Waals surface area contributed by atoms with Gasteiger partial charge >= 0.3 is 0 Å². The zero-order chi connectivity index (χ0) is 24.5. The molecule has 0 unspecified atom stereocenters. The van der Waals surface area contributed by atoms with Gasteiger partial charge in [-0.3, -0.25) is 4.79 Å². The molecule has 0 aliphatic carbocycles. The smallest absolute Gasteiger partial charge is 0.253 e. The van der Waals surface area contributed by atoms with Crippen LogP contribution < -0.4 is 5.32 Å². The van der Waals surface area contributed by atoms with E-state index in [1.165, 1.54) is 16.7 Å². The van der Waals surface area contributed by atoms with Crippen molar-refractivity contribution in [3.05, 3.63) is 76.9 Å². The standard InChI is InChI=1S/C28H30N6O/c1-18-5-6-19(2)23(15-18)24-17-26-25(16-20(24)3)30-28(32-31-26)29-22-9-7-21(8-10-22)27(35)34-13-11-33(4)12-14-34/h5-10,15-17H,11-14H2,1-4H3,(H,29,30,32). The predicted octanol–water partition coefficient (Wildman–Crippen LogP) is 4.75. The summed E-state index contributed by atoms with van der Waals surface area (Å²) in [4.78, 5) is 21.6. The number of aryl methyl sites for hydroxylation is 3. The van der Waals surface area contributed by atoms with E-state index in [1.54, 1.807) is 0 Å². The summed E-state index contributed by atoms with van der Waals surface area (Å²) in [6.45, 7) is 9.66. The van der Waals surface area contributed by atoms with E-state index in [9.17, 15) is 4.79 Å². The van der Waals surface area contributed by atoms with Crippen molar-refractivity contribution in [1.82, 2.24) is 25.0 Å². The molecular weight excluding hydrogens is 436 g/mol. The van der Waals surface area contributed by atoms with Crippen molar-refractivity contribution in [2.75, 3.05) is 38.5 Å². The quantitative estimate of drug-likeness (QED) is 0.468. The van der Waals surface area contributed by atoms with Crippen molar-refractivity contribution in [2.45, 2.75) is 20.8 Å². The number of hydrogen-bond donors (Lipinski definition) is 1. The molecule has 0 saturated carbocycles. The first-order valence-electron chi connectivity index (χ1n) is 11.9. The Balaban J connectivity index is 1.34. The summed E-state index contributed by atoms with van der Waals surface area (Å²) in [5.41, 5.74) is 9.00. The van der Waals surface area contributed by atoms with Gasteiger partial charge in [0, 0.05) is 37.4 Å². The van der Waals surface area contributed by atoms with Crippen LogP contribution in [-0.2, 0) is 0 Å². The van der Waals surface area contributed by atoms with Gasteiger partial charge < -0.3 is 15.1 Å². The van der Waals surface area contributed by atoms with Crippen LogP contribution in [-0.4, -0.2) is 64.1 Å². The number of benzene rings is 3. The molecule has 4 aromatic rings. The van der Waals surface area contributed by atoms with Crippen LogP contribution in [0.1, 0.15) is 27.0 Å². The molecule has 7 nitrogen and oxygen atoms in total. The lowest BCUT2D eigenvalue weighted by Gasteiger charge is -2.32. The number of anilines is 2. The molecule has 1 aliphatic heterocycles. The molecule has 1 fully saturated rings. The number of nitrogens with one attached hydrogen (secondary N) is 1. The minimum atomic E-state index is 0.0726. The van der Waals surface area contributed by atoms with Gasteiger partial charge in [-0.2, -0.15) is 0 Å². The minimum Gasteiger partial charge on any atom is -0.336 e. The number of amides is 1. The number of carbonyl (C=O) groups excluding carboxylic acids is 1. The molecule has 0 atom stereocenters. The summed E-state index contributed by atoms with van der Waals surface area (Å²) in [5.74, 6) is 0.498. The summed E-state index contributed by atoms with van der Waals surface area (Å²) in [6.07, 6.45) is 0. The van der Waals surface area contributed by atoms with Crippen molar-refractivity contribution in [1.29, 1.82) is 0 Å². The highest BCUT2D eigenvalue weighted by Crippen LogP contribution is 2.30. The van der Waals surface area contributed by atoms with Crippen molar-refractivity contribution in [3.8, 4) is 11.1 Å². The first-order valence-corrected chi connectivity index (χ1v) is 11.9. The van der Waals surface area contributed by atoms with Crippen molar-refractivity contribution in [3.63, 3.8) is 0 Å². The number of rotatable bonds is 4. The van der Waals surface area contributed by atoms with Gasteiger partial charge in [0.15, 0.2) is 0 Å². The third-order valence-corrected chi connectivity index (χ3v) is 6.66. The van der Waals surface area contributed by atoms with E-state index in [-0.39, 0.29) is 5.91 Å². The van der Waals surface area contributed by atoms with Crippen LogP contribution in [0.25, 0.3) is 22.2 Å². The van der Waals surface area contributed by atoms with E-state index in [4.69, 9.17) is 0 Å². The second kappa shape index (κ2) is 9.43. The summed E-state index contributed by atoms with van der Waals surface area (Å²) in [7, 11) is 2.08. The predicted molar refractivity (Wildman–Crippen MR) is 140 cm³/mol. The maximum Gasteiger partial charge on any atom is 0.253 e. The minimum absolute atomic E-state index is 0.0726. The fourth-order valence-corrected chi connectivity index (χ4v) is 4.48. The maximum atomic E-state index is 12.8. The van der Waals surface area contributed by atoms with Gasteiger partial charge in [0.25, 0.3) is 5.91 Å². The number of carbonyl (C=O) groups is 1.